The van der Waals surface area contributed by atoms with E-state index in [2.05, 4.69) is 5.32 Å². The van der Waals surface area contributed by atoms with Crippen molar-refractivity contribution in [2.75, 3.05) is 18.5 Å². The molecule has 6 nitrogen and oxygen atoms in total. The zero-order valence-electron chi connectivity index (χ0n) is 12.4. The van der Waals surface area contributed by atoms with Gasteiger partial charge in [-0.3, -0.25) is 9.59 Å². The van der Waals surface area contributed by atoms with Gasteiger partial charge in [0, 0.05) is 11.8 Å². The number of nitrogens with one attached hydrogen (secondary N) is 1. The molecule has 1 aliphatic heterocycles. The van der Waals surface area contributed by atoms with Gasteiger partial charge in [-0.05, 0) is 30.4 Å². The van der Waals surface area contributed by atoms with Gasteiger partial charge in [0.2, 0.25) is 5.91 Å². The molecule has 6 heteroatoms. The van der Waals surface area contributed by atoms with Crippen molar-refractivity contribution < 1.29 is 24.2 Å². The van der Waals surface area contributed by atoms with Gasteiger partial charge in [0.25, 0.3) is 0 Å². The number of aliphatic carboxylic acids is 1. The van der Waals surface area contributed by atoms with Gasteiger partial charge in [0.15, 0.2) is 11.5 Å². The first-order chi connectivity index (χ1) is 11.1. The molecule has 1 heterocycles. The number of carbonyl (C=O) groups excluding carboxylic acids is 1. The van der Waals surface area contributed by atoms with Gasteiger partial charge >= 0.3 is 5.97 Å². The van der Waals surface area contributed by atoms with Gasteiger partial charge < -0.3 is 19.9 Å². The molecule has 1 fully saturated rings. The average Bonchev–Trinajstić information content (AvgIpc) is 3.15. The molecule has 2 aliphatic carbocycles. The van der Waals surface area contributed by atoms with Crippen LogP contribution in [0.3, 0.4) is 0 Å². The molecule has 0 unspecified atom stereocenters. The van der Waals surface area contributed by atoms with E-state index < -0.39 is 17.8 Å². The van der Waals surface area contributed by atoms with Gasteiger partial charge in [0.05, 0.1) is 11.8 Å². The molecule has 1 saturated carbocycles. The number of anilines is 1. The van der Waals surface area contributed by atoms with Crippen molar-refractivity contribution in [3.8, 4) is 11.5 Å². The number of carboxylic acids is 1. The largest absolute Gasteiger partial charge is 0.486 e. The normalized spacial score (nSPS) is 30.3. The van der Waals surface area contributed by atoms with E-state index in [0.29, 0.717) is 30.4 Å². The maximum absolute atomic E-state index is 12.6. The molecule has 1 aromatic carbocycles. The lowest BCUT2D eigenvalue weighted by atomic mass is 9.82. The first-order valence-corrected chi connectivity index (χ1v) is 7.75. The lowest BCUT2D eigenvalue weighted by molar-refractivity contribution is -0.146. The first kappa shape index (κ1) is 14.1. The minimum absolute atomic E-state index is 0.0123. The van der Waals surface area contributed by atoms with Gasteiger partial charge in [0.1, 0.15) is 13.2 Å². The molecule has 0 spiro atoms. The van der Waals surface area contributed by atoms with Crippen LogP contribution < -0.4 is 14.8 Å². The Bertz CT molecular complexity index is 698. The van der Waals surface area contributed by atoms with E-state index in [1.165, 1.54) is 0 Å². The van der Waals surface area contributed by atoms with E-state index in [0.717, 1.165) is 6.42 Å². The summed E-state index contributed by atoms with van der Waals surface area (Å²) in [7, 11) is 0. The topological polar surface area (TPSA) is 84.9 Å². The van der Waals surface area contributed by atoms with Crippen molar-refractivity contribution in [2.45, 2.75) is 6.42 Å². The maximum Gasteiger partial charge on any atom is 0.307 e. The van der Waals surface area contributed by atoms with Crippen LogP contribution in [0.1, 0.15) is 6.42 Å². The zero-order chi connectivity index (χ0) is 16.0. The van der Waals surface area contributed by atoms with Crippen LogP contribution >= 0.6 is 0 Å². The Morgan fingerprint density at radius 1 is 1.04 bits per heavy atom. The Morgan fingerprint density at radius 2 is 1.74 bits per heavy atom. The second-order valence-corrected chi connectivity index (χ2v) is 6.19. The van der Waals surface area contributed by atoms with Crippen LogP contribution in [0.4, 0.5) is 5.69 Å². The van der Waals surface area contributed by atoms with Gasteiger partial charge in [-0.15, -0.1) is 0 Å². The highest BCUT2D eigenvalue weighted by molar-refractivity contribution is 5.96. The lowest BCUT2D eigenvalue weighted by Gasteiger charge is -2.24. The molecule has 3 aliphatic rings. The van der Waals surface area contributed by atoms with Crippen LogP contribution in [-0.2, 0) is 9.59 Å². The Balaban J connectivity index is 1.54. The summed E-state index contributed by atoms with van der Waals surface area (Å²) >= 11 is 0. The smallest absolute Gasteiger partial charge is 0.307 e. The lowest BCUT2D eigenvalue weighted by Crippen LogP contribution is -2.36. The zero-order valence-corrected chi connectivity index (χ0v) is 12.4. The highest BCUT2D eigenvalue weighted by Gasteiger charge is 2.51. The summed E-state index contributed by atoms with van der Waals surface area (Å²) in [6, 6.07) is 5.20. The predicted molar refractivity (Wildman–Crippen MR) is 81.4 cm³/mol. The van der Waals surface area contributed by atoms with Gasteiger partial charge in [-0.25, -0.2) is 0 Å². The summed E-state index contributed by atoms with van der Waals surface area (Å²) < 4.78 is 10.9. The summed E-state index contributed by atoms with van der Waals surface area (Å²) in [6.07, 6.45) is 4.64. The number of rotatable bonds is 3. The standard InChI is InChI=1S/C17H17NO5/c19-16(14-9-1-2-10(7-9)15(14)17(20)21)18-11-3-4-12-13(8-11)23-6-5-22-12/h1-4,8-10,14-15H,5-7H2,(H,18,19)(H,20,21)/t9-,10+,14+,15+/m1/s1. The third-order valence-corrected chi connectivity index (χ3v) is 4.86. The van der Waals surface area contributed by atoms with Crippen LogP contribution in [0.25, 0.3) is 0 Å². The molecule has 120 valence electrons. The summed E-state index contributed by atoms with van der Waals surface area (Å²) in [5.41, 5.74) is 0.593. The second kappa shape index (κ2) is 5.30. The molecular formula is C17H17NO5. The minimum Gasteiger partial charge on any atom is -0.486 e. The Hall–Kier alpha value is -2.50. The molecule has 4 atom stereocenters. The molecule has 23 heavy (non-hydrogen) atoms. The Morgan fingerprint density at radius 3 is 2.48 bits per heavy atom. The van der Waals surface area contributed by atoms with Crippen molar-refractivity contribution in [1.29, 1.82) is 0 Å². The van der Waals surface area contributed by atoms with E-state index >= 15 is 0 Å². The van der Waals surface area contributed by atoms with E-state index in [1.54, 1.807) is 18.2 Å². The number of benzene rings is 1. The molecule has 2 N–H and O–H groups in total. The third-order valence-electron chi connectivity index (χ3n) is 4.86. The maximum atomic E-state index is 12.6. The van der Waals surface area contributed by atoms with Crippen LogP contribution in [0.2, 0.25) is 0 Å². The van der Waals surface area contributed by atoms with Crippen LogP contribution in [0.5, 0.6) is 11.5 Å². The molecule has 1 amide bonds. The van der Waals surface area contributed by atoms with Crippen molar-refractivity contribution in [1.82, 2.24) is 0 Å². The monoisotopic (exact) mass is 315 g/mol. The number of hydrogen-bond acceptors (Lipinski definition) is 4. The van der Waals surface area contributed by atoms with Crippen molar-refractivity contribution in [3.63, 3.8) is 0 Å². The highest BCUT2D eigenvalue weighted by atomic mass is 16.6. The van der Waals surface area contributed by atoms with Crippen molar-refractivity contribution in [2.24, 2.45) is 23.7 Å². The van der Waals surface area contributed by atoms with E-state index in [1.807, 2.05) is 12.2 Å². The SMILES string of the molecule is O=C(Nc1ccc2c(c1)OCCO2)[C@@H]1[C@@H](C(=O)O)[C@H]2C=C[C@@H]1C2. The van der Waals surface area contributed by atoms with Crippen molar-refractivity contribution >= 4 is 17.6 Å². The van der Waals surface area contributed by atoms with Crippen LogP contribution in [0, 0.1) is 23.7 Å². The minimum atomic E-state index is -0.899. The second-order valence-electron chi connectivity index (χ2n) is 6.19. The molecule has 4 rings (SSSR count). The van der Waals surface area contributed by atoms with E-state index in [9.17, 15) is 14.7 Å². The number of carbonyl (C=O) groups is 2. The fraction of sp³-hybridized carbons (Fsp3) is 0.412. The number of hydrogen-bond donors (Lipinski definition) is 2. The predicted octanol–water partition coefficient (Wildman–Crippen LogP) is 1.92. The summed E-state index contributed by atoms with van der Waals surface area (Å²) in [5, 5.41) is 12.3. The number of fused-ring (bicyclic) bond motifs is 3. The van der Waals surface area contributed by atoms with Gasteiger partial charge in [-0.1, -0.05) is 12.2 Å². The van der Waals surface area contributed by atoms with Gasteiger partial charge in [-0.2, -0.15) is 0 Å². The van der Waals surface area contributed by atoms with E-state index in [4.69, 9.17) is 9.47 Å². The fourth-order valence-corrected chi connectivity index (χ4v) is 3.86. The summed E-state index contributed by atoms with van der Waals surface area (Å²) in [6.45, 7) is 0.985. The number of amides is 1. The first-order valence-electron chi connectivity index (χ1n) is 7.75. The molecule has 0 aromatic heterocycles. The number of ether oxygens (including phenoxy) is 2. The number of allylic oxidation sites excluding steroid dienone is 2. The molecule has 2 bridgehead atoms. The molecule has 0 radical (unpaired) electrons. The van der Waals surface area contributed by atoms with Crippen LogP contribution in [0.15, 0.2) is 30.4 Å². The fourth-order valence-electron chi connectivity index (χ4n) is 3.86. The Labute approximate surface area is 133 Å². The molecular weight excluding hydrogens is 298 g/mol. The highest BCUT2D eigenvalue weighted by Crippen LogP contribution is 2.48. The summed E-state index contributed by atoms with van der Waals surface area (Å²) in [4.78, 5) is 24.1. The quantitative estimate of drug-likeness (QED) is 0.832. The summed E-state index contributed by atoms with van der Waals surface area (Å²) in [5.74, 6) is -1.07. The van der Waals surface area contributed by atoms with Crippen molar-refractivity contribution in [3.05, 3.63) is 30.4 Å². The molecule has 0 saturated heterocycles. The van der Waals surface area contributed by atoms with Crippen LogP contribution in [-0.4, -0.2) is 30.2 Å². The molecule has 1 aromatic rings. The third kappa shape index (κ3) is 2.34. The van der Waals surface area contributed by atoms with E-state index in [-0.39, 0.29) is 17.7 Å². The Kier molecular flexibility index (Phi) is 3.25. The number of carboxylic acid groups (broad SMARTS) is 1. The average molecular weight is 315 g/mol.